The highest BCUT2D eigenvalue weighted by Crippen LogP contribution is 2.39. The number of rotatable bonds is 9. The highest BCUT2D eigenvalue weighted by atomic mass is 32.2. The first-order valence-corrected chi connectivity index (χ1v) is 14.9. The first-order valence-electron chi connectivity index (χ1n) is 12.5. The predicted molar refractivity (Wildman–Crippen MR) is 150 cm³/mol. The van der Waals surface area contributed by atoms with Crippen LogP contribution in [0.25, 0.3) is 0 Å². The number of nitrogens with one attached hydrogen (secondary N) is 2. The van der Waals surface area contributed by atoms with Crippen LogP contribution >= 0.6 is 11.8 Å². The maximum atomic E-state index is 15.3. The van der Waals surface area contributed by atoms with Gasteiger partial charge in [-0.1, -0.05) is 12.1 Å². The van der Waals surface area contributed by atoms with E-state index in [2.05, 4.69) is 25.5 Å². The number of aromatic nitrogens is 4. The number of H-pyrrole nitrogens is 1. The van der Waals surface area contributed by atoms with E-state index in [1.807, 2.05) is 11.8 Å². The van der Waals surface area contributed by atoms with Crippen molar-refractivity contribution in [2.24, 2.45) is 0 Å². The van der Waals surface area contributed by atoms with Crippen molar-refractivity contribution in [3.8, 4) is 5.75 Å². The molecule has 0 amide bonds. The monoisotopic (exact) mass is 603 g/mol. The van der Waals surface area contributed by atoms with Crippen molar-refractivity contribution in [1.29, 1.82) is 0 Å². The van der Waals surface area contributed by atoms with Crippen LogP contribution in [0, 0.1) is 18.6 Å². The van der Waals surface area contributed by atoms with Crippen LogP contribution in [0.5, 0.6) is 5.75 Å². The first-order chi connectivity index (χ1) is 19.6. The Balaban J connectivity index is 1.46. The molecule has 41 heavy (non-hydrogen) atoms. The SMILES string of the molecule is COc1c(Nc2cc(C)[nH]n2)nc(Sc2ccc(S(=O)(=O)Cc3cccc(N)c3F)cc2F)nc1N1CCOCC1. The molecule has 4 N–H and O–H groups in total. The van der Waals surface area contributed by atoms with E-state index in [0.29, 0.717) is 49.5 Å². The molecule has 0 unspecified atom stereocenters. The molecule has 1 aliphatic heterocycles. The van der Waals surface area contributed by atoms with Crippen molar-refractivity contribution in [3.63, 3.8) is 0 Å². The largest absolute Gasteiger partial charge is 0.490 e. The van der Waals surface area contributed by atoms with Crippen molar-refractivity contribution in [1.82, 2.24) is 20.2 Å². The molecular formula is C26H27F2N7O4S2. The number of sulfone groups is 1. The molecule has 0 bridgehead atoms. The van der Waals surface area contributed by atoms with E-state index >= 15 is 4.39 Å². The van der Waals surface area contributed by atoms with E-state index in [1.165, 1.54) is 37.4 Å². The van der Waals surface area contributed by atoms with Crippen LogP contribution in [0.3, 0.4) is 0 Å². The molecule has 2 aromatic carbocycles. The number of ether oxygens (including phenoxy) is 2. The van der Waals surface area contributed by atoms with Crippen LogP contribution in [-0.2, 0) is 20.3 Å². The number of nitrogen functional groups attached to an aromatic ring is 1. The number of morpholine rings is 1. The number of benzene rings is 2. The standard InChI is InChI=1S/C26H27F2N7O4S2/c1-15-12-21(34-33-15)30-24-23(38-2)25(35-8-10-39-11-9-35)32-26(31-24)40-20-7-6-17(13-18(20)27)41(36,37)14-16-4-3-5-19(29)22(16)28/h3-7,12-13H,8-11,14,29H2,1-2H3,(H2,30,31,32,33,34). The lowest BCUT2D eigenvalue weighted by molar-refractivity contribution is 0.122. The zero-order valence-electron chi connectivity index (χ0n) is 22.1. The van der Waals surface area contributed by atoms with Gasteiger partial charge in [0.05, 0.1) is 41.6 Å². The maximum absolute atomic E-state index is 15.3. The zero-order chi connectivity index (χ0) is 29.1. The zero-order valence-corrected chi connectivity index (χ0v) is 23.8. The third kappa shape index (κ3) is 6.36. The fourth-order valence-electron chi connectivity index (χ4n) is 4.19. The second-order valence-corrected chi connectivity index (χ2v) is 12.1. The molecular weight excluding hydrogens is 576 g/mol. The minimum Gasteiger partial charge on any atom is -0.490 e. The minimum atomic E-state index is -4.07. The third-order valence-electron chi connectivity index (χ3n) is 6.21. The molecule has 4 aromatic rings. The van der Waals surface area contributed by atoms with Crippen LogP contribution in [0.2, 0.25) is 0 Å². The van der Waals surface area contributed by atoms with Crippen molar-refractivity contribution in [3.05, 3.63) is 65.4 Å². The van der Waals surface area contributed by atoms with E-state index in [-0.39, 0.29) is 26.2 Å². The van der Waals surface area contributed by atoms with Gasteiger partial charge in [-0.15, -0.1) is 0 Å². The summed E-state index contributed by atoms with van der Waals surface area (Å²) < 4.78 is 66.6. The van der Waals surface area contributed by atoms with E-state index in [1.54, 1.807) is 6.07 Å². The number of hydrogen-bond acceptors (Lipinski definition) is 11. The highest BCUT2D eigenvalue weighted by Gasteiger charge is 2.25. The summed E-state index contributed by atoms with van der Waals surface area (Å²) in [6.45, 7) is 3.98. The van der Waals surface area contributed by atoms with Gasteiger partial charge < -0.3 is 25.4 Å². The van der Waals surface area contributed by atoms with Crippen LogP contribution in [0.1, 0.15) is 11.3 Å². The third-order valence-corrected chi connectivity index (χ3v) is 8.79. The summed E-state index contributed by atoms with van der Waals surface area (Å²) in [6.07, 6.45) is 0. The van der Waals surface area contributed by atoms with E-state index in [4.69, 9.17) is 15.2 Å². The molecule has 1 saturated heterocycles. The number of halogens is 2. The van der Waals surface area contributed by atoms with Gasteiger partial charge in [-0.05, 0) is 43.0 Å². The van der Waals surface area contributed by atoms with Crippen molar-refractivity contribution >= 4 is 44.7 Å². The predicted octanol–water partition coefficient (Wildman–Crippen LogP) is 4.08. The first kappa shape index (κ1) is 28.6. The lowest BCUT2D eigenvalue weighted by Crippen LogP contribution is -2.37. The van der Waals surface area contributed by atoms with Crippen LogP contribution in [-0.4, -0.2) is 62.0 Å². The van der Waals surface area contributed by atoms with Gasteiger partial charge in [0.25, 0.3) is 0 Å². The summed E-state index contributed by atoms with van der Waals surface area (Å²) >= 11 is 0.919. The Kier molecular flexibility index (Phi) is 8.28. The van der Waals surface area contributed by atoms with Crippen molar-refractivity contribution in [2.45, 2.75) is 27.6 Å². The molecule has 11 nitrogen and oxygen atoms in total. The summed E-state index contributed by atoms with van der Waals surface area (Å²) in [7, 11) is -2.56. The van der Waals surface area contributed by atoms with Crippen molar-refractivity contribution < 1.29 is 26.7 Å². The molecule has 15 heteroatoms. The summed E-state index contributed by atoms with van der Waals surface area (Å²) in [5, 5.41) is 10.4. The van der Waals surface area contributed by atoms with Crippen LogP contribution in [0.4, 0.5) is 31.9 Å². The van der Waals surface area contributed by atoms with Gasteiger partial charge in [-0.3, -0.25) is 5.10 Å². The van der Waals surface area contributed by atoms with Gasteiger partial charge in [-0.25, -0.2) is 27.2 Å². The summed E-state index contributed by atoms with van der Waals surface area (Å²) in [4.78, 5) is 11.0. The minimum absolute atomic E-state index is 0.0961. The summed E-state index contributed by atoms with van der Waals surface area (Å²) in [5.41, 5.74) is 6.13. The topological polar surface area (TPSA) is 148 Å². The lowest BCUT2D eigenvalue weighted by Gasteiger charge is -2.29. The molecule has 2 aromatic heterocycles. The fraction of sp³-hybridized carbons (Fsp3) is 0.269. The fourth-order valence-corrected chi connectivity index (χ4v) is 6.30. The van der Waals surface area contributed by atoms with Gasteiger partial charge >= 0.3 is 0 Å². The molecule has 1 aliphatic rings. The molecule has 5 rings (SSSR count). The molecule has 0 aliphatic carbocycles. The van der Waals surface area contributed by atoms with Crippen LogP contribution in [0.15, 0.2) is 57.4 Å². The Morgan fingerprint density at radius 3 is 2.63 bits per heavy atom. The van der Waals surface area contributed by atoms with Gasteiger partial charge in [0.2, 0.25) is 5.75 Å². The quantitative estimate of drug-likeness (QED) is 0.188. The average molecular weight is 604 g/mol. The molecule has 3 heterocycles. The highest BCUT2D eigenvalue weighted by molar-refractivity contribution is 7.99. The molecule has 216 valence electrons. The lowest BCUT2D eigenvalue weighted by atomic mass is 10.2. The average Bonchev–Trinajstić information content (AvgIpc) is 3.36. The van der Waals surface area contributed by atoms with E-state index in [0.717, 1.165) is 23.5 Å². The smallest absolute Gasteiger partial charge is 0.204 e. The second-order valence-electron chi connectivity index (χ2n) is 9.15. The number of anilines is 4. The summed E-state index contributed by atoms with van der Waals surface area (Å²) in [6, 6.07) is 9.40. The number of methoxy groups -OCH3 is 1. The Morgan fingerprint density at radius 1 is 1.17 bits per heavy atom. The van der Waals surface area contributed by atoms with Crippen molar-refractivity contribution in [2.75, 3.05) is 49.4 Å². The molecule has 0 saturated carbocycles. The molecule has 0 spiro atoms. The second kappa shape index (κ2) is 11.9. The van der Waals surface area contributed by atoms with E-state index < -0.39 is 27.2 Å². The Labute approximate surface area is 239 Å². The molecule has 0 atom stereocenters. The Bertz CT molecular complexity index is 1680. The number of nitrogens with zero attached hydrogens (tertiary/aromatic N) is 4. The van der Waals surface area contributed by atoms with Gasteiger partial charge in [-0.2, -0.15) is 5.10 Å². The summed E-state index contributed by atoms with van der Waals surface area (Å²) in [5.74, 6) is -0.580. The number of hydrogen-bond donors (Lipinski definition) is 3. The van der Waals surface area contributed by atoms with Gasteiger partial charge in [0.1, 0.15) is 11.6 Å². The number of aryl methyl sites for hydroxylation is 1. The maximum Gasteiger partial charge on any atom is 0.204 e. The number of aromatic amines is 1. The molecule has 0 radical (unpaired) electrons. The van der Waals surface area contributed by atoms with Gasteiger partial charge in [0, 0.05) is 30.4 Å². The van der Waals surface area contributed by atoms with Crippen LogP contribution < -0.4 is 20.7 Å². The number of nitrogens with two attached hydrogens (primary N) is 1. The normalized spacial score (nSPS) is 13.8. The van der Waals surface area contributed by atoms with E-state index in [9.17, 15) is 12.8 Å². The molecule has 1 fully saturated rings. The van der Waals surface area contributed by atoms with Gasteiger partial charge in [0.15, 0.2) is 32.4 Å². The Morgan fingerprint density at radius 2 is 1.95 bits per heavy atom. The Hall–Kier alpha value is -3.95.